The van der Waals surface area contributed by atoms with Crippen LogP contribution in [0.25, 0.3) is 10.2 Å². The van der Waals surface area contributed by atoms with E-state index in [9.17, 15) is 4.21 Å². The van der Waals surface area contributed by atoms with E-state index in [4.69, 9.17) is 0 Å². The van der Waals surface area contributed by atoms with Crippen LogP contribution in [0.2, 0.25) is 0 Å². The molecule has 0 unspecified atom stereocenters. The Bertz CT molecular complexity index is 906. The third kappa shape index (κ3) is 3.27. The van der Waals surface area contributed by atoms with Gasteiger partial charge in [-0.1, -0.05) is 6.07 Å². The molecule has 0 bridgehead atoms. The molecule has 6 heteroatoms. The molecule has 0 saturated heterocycles. The molecular weight excluding hydrogens is 338 g/mol. The summed E-state index contributed by atoms with van der Waals surface area (Å²) in [7, 11) is -0.965. The first-order chi connectivity index (χ1) is 11.7. The zero-order valence-electron chi connectivity index (χ0n) is 13.6. The lowest BCUT2D eigenvalue weighted by Gasteiger charge is -2.19. The Morgan fingerprint density at radius 2 is 2.08 bits per heavy atom. The molecule has 0 radical (unpaired) electrons. The van der Waals surface area contributed by atoms with Crippen LogP contribution in [0.4, 0.5) is 0 Å². The van der Waals surface area contributed by atoms with Gasteiger partial charge in [0.05, 0.1) is 31.4 Å². The molecule has 0 N–H and O–H groups in total. The van der Waals surface area contributed by atoms with Crippen molar-refractivity contribution in [1.29, 1.82) is 0 Å². The third-order valence-electron chi connectivity index (χ3n) is 4.53. The Morgan fingerprint density at radius 1 is 1.21 bits per heavy atom. The number of thiazole rings is 1. The van der Waals surface area contributed by atoms with Crippen molar-refractivity contribution in [3.05, 3.63) is 52.8 Å². The standard InChI is InChI=1S/C18H19N3OS2/c1-24(22)15-9-14-4-6-21(7-5-16(14)19-10-15)11-13-2-3-18-17(8-13)20-12-23-18/h2-3,8-10,12H,4-7,11H2,1H3/t24-/m0/s1. The first kappa shape index (κ1) is 15.9. The number of pyridine rings is 1. The number of hydrogen-bond donors (Lipinski definition) is 0. The van der Waals surface area contributed by atoms with Crippen LogP contribution in [0.5, 0.6) is 0 Å². The fourth-order valence-electron chi connectivity index (χ4n) is 3.19. The van der Waals surface area contributed by atoms with Crippen LogP contribution in [0.1, 0.15) is 16.8 Å². The normalized spacial score (nSPS) is 16.7. The van der Waals surface area contributed by atoms with Crippen molar-refractivity contribution in [2.45, 2.75) is 24.3 Å². The minimum absolute atomic E-state index is 0.830. The summed E-state index contributed by atoms with van der Waals surface area (Å²) in [6, 6.07) is 8.64. The van der Waals surface area contributed by atoms with Crippen molar-refractivity contribution in [2.75, 3.05) is 19.3 Å². The summed E-state index contributed by atoms with van der Waals surface area (Å²) in [5.74, 6) is 0. The van der Waals surface area contributed by atoms with Gasteiger partial charge in [-0.25, -0.2) is 4.98 Å². The first-order valence-electron chi connectivity index (χ1n) is 8.05. The highest BCUT2D eigenvalue weighted by Gasteiger charge is 2.16. The van der Waals surface area contributed by atoms with Crippen molar-refractivity contribution >= 4 is 32.4 Å². The van der Waals surface area contributed by atoms with Gasteiger partial charge in [-0.05, 0) is 35.7 Å². The minimum atomic E-state index is -0.965. The average molecular weight is 358 g/mol. The van der Waals surface area contributed by atoms with Crippen molar-refractivity contribution in [3.63, 3.8) is 0 Å². The van der Waals surface area contributed by atoms with Crippen LogP contribution < -0.4 is 0 Å². The van der Waals surface area contributed by atoms with Crippen LogP contribution in [-0.4, -0.2) is 38.4 Å². The summed E-state index contributed by atoms with van der Waals surface area (Å²) < 4.78 is 12.9. The highest BCUT2D eigenvalue weighted by Crippen LogP contribution is 2.21. The maximum Gasteiger partial charge on any atom is 0.0815 e. The van der Waals surface area contributed by atoms with Crippen molar-refractivity contribution in [2.24, 2.45) is 0 Å². The zero-order chi connectivity index (χ0) is 16.5. The van der Waals surface area contributed by atoms with Crippen LogP contribution in [-0.2, 0) is 30.2 Å². The molecule has 1 aliphatic rings. The van der Waals surface area contributed by atoms with Crippen LogP contribution in [0.3, 0.4) is 0 Å². The highest BCUT2D eigenvalue weighted by molar-refractivity contribution is 7.84. The molecule has 1 atom stereocenters. The highest BCUT2D eigenvalue weighted by atomic mass is 32.2. The second-order valence-corrected chi connectivity index (χ2v) is 8.43. The van der Waals surface area contributed by atoms with Crippen LogP contribution in [0.15, 0.2) is 40.9 Å². The summed E-state index contributed by atoms with van der Waals surface area (Å²) in [6.45, 7) is 2.95. The minimum Gasteiger partial charge on any atom is -0.298 e. The second kappa shape index (κ2) is 6.70. The molecular formula is C18H19N3OS2. The Hall–Kier alpha value is -1.63. The molecule has 3 aromatic rings. The number of fused-ring (bicyclic) bond motifs is 2. The molecule has 3 heterocycles. The van der Waals surface area contributed by atoms with Crippen molar-refractivity contribution in [3.8, 4) is 0 Å². The van der Waals surface area contributed by atoms with Gasteiger partial charge in [0.25, 0.3) is 0 Å². The van der Waals surface area contributed by atoms with Gasteiger partial charge >= 0.3 is 0 Å². The van der Waals surface area contributed by atoms with E-state index in [0.717, 1.165) is 48.6 Å². The number of nitrogens with zero attached hydrogens (tertiary/aromatic N) is 3. The van der Waals surface area contributed by atoms with Gasteiger partial charge in [0, 0.05) is 44.2 Å². The van der Waals surface area contributed by atoms with Gasteiger partial charge in [0.1, 0.15) is 0 Å². The van der Waals surface area contributed by atoms with E-state index in [1.807, 2.05) is 5.51 Å². The van der Waals surface area contributed by atoms with Gasteiger partial charge in [-0.2, -0.15) is 0 Å². The molecule has 4 nitrogen and oxygen atoms in total. The first-order valence-corrected chi connectivity index (χ1v) is 10.5. The number of hydrogen-bond acceptors (Lipinski definition) is 5. The topological polar surface area (TPSA) is 46.1 Å². The molecule has 1 aliphatic heterocycles. The predicted molar refractivity (Wildman–Crippen MR) is 98.9 cm³/mol. The van der Waals surface area contributed by atoms with E-state index in [1.165, 1.54) is 15.8 Å². The van der Waals surface area contributed by atoms with Crippen molar-refractivity contribution in [1.82, 2.24) is 14.9 Å². The van der Waals surface area contributed by atoms with Gasteiger partial charge < -0.3 is 0 Å². The van der Waals surface area contributed by atoms with Gasteiger partial charge in [0.15, 0.2) is 0 Å². The molecule has 0 aliphatic carbocycles. The molecule has 4 rings (SSSR count). The van der Waals surface area contributed by atoms with Gasteiger partial charge in [0.2, 0.25) is 0 Å². The predicted octanol–water partition coefficient (Wildman–Crippen LogP) is 3.03. The third-order valence-corrected chi connectivity index (χ3v) is 6.23. The Labute approximate surface area is 148 Å². The van der Waals surface area contributed by atoms with Crippen LogP contribution >= 0.6 is 11.3 Å². The molecule has 24 heavy (non-hydrogen) atoms. The fourth-order valence-corrected chi connectivity index (χ4v) is 4.36. The maximum absolute atomic E-state index is 11.7. The number of benzene rings is 1. The molecule has 2 aromatic heterocycles. The Morgan fingerprint density at radius 3 is 2.96 bits per heavy atom. The lowest BCUT2D eigenvalue weighted by molar-refractivity contribution is 0.279. The Kier molecular flexibility index (Phi) is 4.43. The van der Waals surface area contributed by atoms with E-state index >= 15 is 0 Å². The van der Waals surface area contributed by atoms with Crippen molar-refractivity contribution < 1.29 is 4.21 Å². The summed E-state index contributed by atoms with van der Waals surface area (Å²) >= 11 is 1.68. The second-order valence-electron chi connectivity index (χ2n) is 6.16. The van der Waals surface area contributed by atoms with Crippen LogP contribution in [0, 0.1) is 0 Å². The summed E-state index contributed by atoms with van der Waals surface area (Å²) in [4.78, 5) is 12.3. The smallest absolute Gasteiger partial charge is 0.0815 e. The average Bonchev–Trinajstić information content (AvgIpc) is 2.96. The monoisotopic (exact) mass is 357 g/mol. The SMILES string of the molecule is C[S@](=O)c1cnc2c(c1)CCN(Cc1ccc3scnc3c1)CC2. The van der Waals surface area contributed by atoms with E-state index < -0.39 is 10.8 Å². The summed E-state index contributed by atoms with van der Waals surface area (Å²) in [5, 5.41) is 0. The molecule has 124 valence electrons. The molecule has 0 saturated carbocycles. The fraction of sp³-hybridized carbons (Fsp3) is 0.333. The van der Waals surface area contributed by atoms with E-state index in [0.29, 0.717) is 0 Å². The summed E-state index contributed by atoms with van der Waals surface area (Å²) in [5.41, 5.74) is 6.70. The molecule has 0 amide bonds. The summed E-state index contributed by atoms with van der Waals surface area (Å²) in [6.07, 6.45) is 5.39. The lowest BCUT2D eigenvalue weighted by atomic mass is 10.1. The lowest BCUT2D eigenvalue weighted by Crippen LogP contribution is -2.25. The zero-order valence-corrected chi connectivity index (χ0v) is 15.2. The number of aromatic nitrogens is 2. The maximum atomic E-state index is 11.7. The van der Waals surface area contributed by atoms with Gasteiger partial charge in [-0.15, -0.1) is 11.3 Å². The largest absolute Gasteiger partial charge is 0.298 e. The quantitative estimate of drug-likeness (QED) is 0.723. The van der Waals surface area contributed by atoms with E-state index in [-0.39, 0.29) is 0 Å². The molecule has 0 spiro atoms. The van der Waals surface area contributed by atoms with Gasteiger partial charge in [-0.3, -0.25) is 14.1 Å². The van der Waals surface area contributed by atoms with E-state index in [2.05, 4.69) is 39.1 Å². The molecule has 0 fully saturated rings. The molecule has 1 aromatic carbocycles. The van der Waals surface area contributed by atoms with E-state index in [1.54, 1.807) is 23.8 Å². The number of rotatable bonds is 3. The Balaban J connectivity index is 1.49.